The molecule has 3 nitrogen and oxygen atoms in total. The molecule has 3 heteroatoms. The molecule has 1 aliphatic carbocycles. The molecule has 0 radical (unpaired) electrons. The van der Waals surface area contributed by atoms with Crippen molar-refractivity contribution in [3.8, 4) is 33.4 Å². The number of para-hydroxylation sites is 2. The fourth-order valence-electron chi connectivity index (χ4n) is 9.63. The fourth-order valence-corrected chi connectivity index (χ4v) is 9.63. The van der Waals surface area contributed by atoms with Gasteiger partial charge in [0.1, 0.15) is 16.7 Å². The third-order valence-corrected chi connectivity index (χ3v) is 12.5. The summed E-state index contributed by atoms with van der Waals surface area (Å²) in [5.41, 5.74) is 16.3. The lowest BCUT2D eigenvalue weighted by atomic mass is 9.82. The summed E-state index contributed by atoms with van der Waals surface area (Å²) in [5, 5.41) is 6.72. The van der Waals surface area contributed by atoms with Crippen molar-refractivity contribution in [1.29, 1.82) is 0 Å². The average Bonchev–Trinajstić information content (AvgIpc) is 3.92. The Labute approximate surface area is 336 Å². The SMILES string of the molecule is CC1(C)c2ccccc2-c2ccc(N(c3cccc(-c4ccc5c(c4)oc4ccccc45)c3)c3cccc4c3oc3c5ccccc5c(-c5ccccc5)cc43)cc21. The van der Waals surface area contributed by atoms with Crippen molar-refractivity contribution in [1.82, 2.24) is 0 Å². The highest BCUT2D eigenvalue weighted by Gasteiger charge is 2.36. The minimum Gasteiger partial charge on any atom is -0.456 e. The van der Waals surface area contributed by atoms with Gasteiger partial charge >= 0.3 is 0 Å². The Balaban J connectivity index is 1.09. The lowest BCUT2D eigenvalue weighted by Crippen LogP contribution is -2.16. The van der Waals surface area contributed by atoms with E-state index in [1.54, 1.807) is 0 Å². The minimum atomic E-state index is -0.157. The number of benzene rings is 9. The fraction of sp³-hybridized carbons (Fsp3) is 0.0545. The molecule has 0 atom stereocenters. The number of furan rings is 2. The van der Waals surface area contributed by atoms with Crippen LogP contribution < -0.4 is 4.90 Å². The van der Waals surface area contributed by atoms with Crippen LogP contribution in [0.3, 0.4) is 0 Å². The summed E-state index contributed by atoms with van der Waals surface area (Å²) in [7, 11) is 0. The Morgan fingerprint density at radius 3 is 1.91 bits per heavy atom. The second-order valence-corrected chi connectivity index (χ2v) is 16.1. The van der Waals surface area contributed by atoms with E-state index in [0.717, 1.165) is 77.5 Å². The van der Waals surface area contributed by atoms with E-state index in [2.05, 4.69) is 195 Å². The lowest BCUT2D eigenvalue weighted by Gasteiger charge is -2.28. The molecule has 11 aromatic rings. The molecule has 1 aliphatic rings. The molecule has 0 aliphatic heterocycles. The summed E-state index contributed by atoms with van der Waals surface area (Å²) in [6.45, 7) is 4.69. The van der Waals surface area contributed by atoms with Crippen LogP contribution in [0.4, 0.5) is 17.1 Å². The number of rotatable bonds is 5. The van der Waals surface area contributed by atoms with Crippen LogP contribution in [0.2, 0.25) is 0 Å². The topological polar surface area (TPSA) is 29.5 Å². The highest BCUT2D eigenvalue weighted by Crippen LogP contribution is 2.52. The Kier molecular flexibility index (Phi) is 6.98. The highest BCUT2D eigenvalue weighted by atomic mass is 16.3. The van der Waals surface area contributed by atoms with Gasteiger partial charge in [-0.25, -0.2) is 0 Å². The standard InChI is InChI=1S/C55H37NO2/c1-55(2)48-23-10-8-19-40(48)41-29-27-38(32-49(41)55)56(37-17-12-16-35(30-37)36-26-28-43-42-20-9-11-25-51(42)57-52(43)31-36)50-24-13-22-45-47-33-46(34-14-4-3-5-15-34)39-18-6-7-21-44(39)53(47)58-54(45)50/h3-33H,1-2H3. The van der Waals surface area contributed by atoms with Gasteiger partial charge in [-0.3, -0.25) is 0 Å². The van der Waals surface area contributed by atoms with Gasteiger partial charge in [0.15, 0.2) is 5.58 Å². The van der Waals surface area contributed by atoms with Gasteiger partial charge in [-0.2, -0.15) is 0 Å². The molecule has 0 saturated heterocycles. The van der Waals surface area contributed by atoms with Gasteiger partial charge in [0.2, 0.25) is 0 Å². The van der Waals surface area contributed by atoms with Crippen LogP contribution in [0.25, 0.3) is 88.0 Å². The van der Waals surface area contributed by atoms with Gasteiger partial charge in [-0.15, -0.1) is 0 Å². The van der Waals surface area contributed by atoms with Gasteiger partial charge in [-0.05, 0) is 104 Å². The second-order valence-electron chi connectivity index (χ2n) is 16.1. The molecule has 0 N–H and O–H groups in total. The molecule has 12 rings (SSSR count). The van der Waals surface area contributed by atoms with Gasteiger partial charge in [0.25, 0.3) is 0 Å². The van der Waals surface area contributed by atoms with Crippen LogP contribution >= 0.6 is 0 Å². The van der Waals surface area contributed by atoms with Crippen LogP contribution in [0.15, 0.2) is 197 Å². The van der Waals surface area contributed by atoms with Crippen molar-refractivity contribution in [2.24, 2.45) is 0 Å². The normalized spacial score (nSPS) is 13.1. The minimum absolute atomic E-state index is 0.157. The number of hydrogen-bond donors (Lipinski definition) is 0. The summed E-state index contributed by atoms with van der Waals surface area (Å²) in [5.74, 6) is 0. The summed E-state index contributed by atoms with van der Waals surface area (Å²) < 4.78 is 13.5. The maximum Gasteiger partial charge on any atom is 0.159 e. The summed E-state index contributed by atoms with van der Waals surface area (Å²) >= 11 is 0. The number of anilines is 3. The summed E-state index contributed by atoms with van der Waals surface area (Å²) in [6, 6.07) is 67.6. The maximum atomic E-state index is 7.13. The van der Waals surface area contributed by atoms with E-state index in [1.165, 1.54) is 38.8 Å². The highest BCUT2D eigenvalue weighted by molar-refractivity contribution is 6.21. The van der Waals surface area contributed by atoms with Gasteiger partial charge in [0.05, 0.1) is 5.69 Å². The van der Waals surface area contributed by atoms with Gasteiger partial charge < -0.3 is 13.7 Å². The molecule has 0 bridgehead atoms. The largest absolute Gasteiger partial charge is 0.456 e. The van der Waals surface area contributed by atoms with E-state index in [1.807, 2.05) is 12.1 Å². The van der Waals surface area contributed by atoms with Gasteiger partial charge in [-0.1, -0.05) is 147 Å². The zero-order chi connectivity index (χ0) is 38.5. The average molecular weight is 744 g/mol. The predicted octanol–water partition coefficient (Wildman–Crippen LogP) is 15.7. The lowest BCUT2D eigenvalue weighted by molar-refractivity contribution is 0.660. The van der Waals surface area contributed by atoms with Crippen molar-refractivity contribution in [2.45, 2.75) is 19.3 Å². The summed E-state index contributed by atoms with van der Waals surface area (Å²) in [4.78, 5) is 2.38. The van der Waals surface area contributed by atoms with E-state index in [4.69, 9.17) is 8.83 Å². The molecule has 0 amide bonds. The van der Waals surface area contributed by atoms with E-state index in [-0.39, 0.29) is 5.41 Å². The Hall–Kier alpha value is -7.36. The Morgan fingerprint density at radius 1 is 0.362 bits per heavy atom. The Bertz CT molecular complexity index is 3440. The van der Waals surface area contributed by atoms with Gasteiger partial charge in [0, 0.05) is 43.7 Å². The molecule has 2 aromatic heterocycles. The predicted molar refractivity (Wildman–Crippen MR) is 242 cm³/mol. The number of hydrogen-bond acceptors (Lipinski definition) is 3. The van der Waals surface area contributed by atoms with Crippen molar-refractivity contribution < 1.29 is 8.83 Å². The first kappa shape index (κ1) is 32.8. The molecular weight excluding hydrogens is 707 g/mol. The monoisotopic (exact) mass is 743 g/mol. The van der Waals surface area contributed by atoms with E-state index >= 15 is 0 Å². The number of nitrogens with zero attached hydrogens (tertiary/aromatic N) is 1. The molecule has 2 heterocycles. The van der Waals surface area contributed by atoms with Crippen LogP contribution in [-0.2, 0) is 5.41 Å². The third-order valence-electron chi connectivity index (χ3n) is 12.5. The molecule has 0 fully saturated rings. The Morgan fingerprint density at radius 2 is 1.02 bits per heavy atom. The first-order valence-corrected chi connectivity index (χ1v) is 20.0. The molecule has 0 spiro atoms. The molecule has 0 saturated carbocycles. The zero-order valence-electron chi connectivity index (χ0n) is 32.2. The van der Waals surface area contributed by atoms with Crippen molar-refractivity contribution >= 4 is 71.7 Å². The van der Waals surface area contributed by atoms with Crippen molar-refractivity contribution in [3.63, 3.8) is 0 Å². The molecular formula is C55H37NO2. The molecule has 274 valence electrons. The number of fused-ring (bicyclic) bond motifs is 11. The van der Waals surface area contributed by atoms with Crippen LogP contribution in [-0.4, -0.2) is 0 Å². The van der Waals surface area contributed by atoms with Crippen LogP contribution in [0, 0.1) is 0 Å². The molecule has 9 aromatic carbocycles. The third kappa shape index (κ3) is 4.80. The first-order valence-electron chi connectivity index (χ1n) is 20.0. The van der Waals surface area contributed by atoms with Crippen LogP contribution in [0.1, 0.15) is 25.0 Å². The summed E-state index contributed by atoms with van der Waals surface area (Å²) in [6.07, 6.45) is 0. The smallest absolute Gasteiger partial charge is 0.159 e. The molecule has 0 unspecified atom stereocenters. The zero-order valence-corrected chi connectivity index (χ0v) is 32.2. The maximum absolute atomic E-state index is 7.13. The quantitative estimate of drug-likeness (QED) is 0.176. The van der Waals surface area contributed by atoms with Crippen molar-refractivity contribution in [2.75, 3.05) is 4.90 Å². The van der Waals surface area contributed by atoms with E-state index in [0.29, 0.717) is 0 Å². The van der Waals surface area contributed by atoms with E-state index < -0.39 is 0 Å². The molecule has 58 heavy (non-hydrogen) atoms. The first-order chi connectivity index (χ1) is 28.5. The second kappa shape index (κ2) is 12.3. The van der Waals surface area contributed by atoms with Crippen LogP contribution in [0.5, 0.6) is 0 Å². The van der Waals surface area contributed by atoms with E-state index in [9.17, 15) is 0 Å². The van der Waals surface area contributed by atoms with Crippen molar-refractivity contribution in [3.05, 3.63) is 199 Å².